The Hall–Kier alpha value is 0.560. The van der Waals surface area contributed by atoms with Gasteiger partial charge in [0.2, 0.25) is 0 Å². The monoisotopic (exact) mass is 241 g/mol. The van der Waals surface area contributed by atoms with Crippen LogP contribution < -0.4 is 5.32 Å². The molecular weight excluding hydrogens is 225 g/mol. The van der Waals surface area contributed by atoms with E-state index in [0.717, 1.165) is 6.54 Å². The van der Waals surface area contributed by atoms with Crippen molar-refractivity contribution in [3.05, 3.63) is 0 Å². The SMILES string of the molecule is CCCN[C@H](C)C=IC. The van der Waals surface area contributed by atoms with Crippen molar-refractivity contribution in [1.29, 1.82) is 0 Å². The molecule has 0 aliphatic rings. The van der Waals surface area contributed by atoms with Crippen LogP contribution in [0.15, 0.2) is 0 Å². The lowest BCUT2D eigenvalue weighted by Gasteiger charge is -2.05. The van der Waals surface area contributed by atoms with Crippen molar-refractivity contribution in [2.24, 2.45) is 0 Å². The molecule has 0 saturated carbocycles. The van der Waals surface area contributed by atoms with Crippen molar-refractivity contribution in [2.45, 2.75) is 26.3 Å². The second kappa shape index (κ2) is 6.68. The molecule has 0 aromatic heterocycles. The zero-order valence-electron chi connectivity index (χ0n) is 6.45. The largest absolute Gasteiger partial charge is 0.310 e. The summed E-state index contributed by atoms with van der Waals surface area (Å²) >= 11 is 0.362. The lowest BCUT2D eigenvalue weighted by Crippen LogP contribution is -2.27. The van der Waals surface area contributed by atoms with Crippen molar-refractivity contribution < 1.29 is 0 Å². The van der Waals surface area contributed by atoms with Gasteiger partial charge in [0.1, 0.15) is 0 Å². The van der Waals surface area contributed by atoms with Crippen molar-refractivity contribution >= 4 is 24.7 Å². The minimum atomic E-state index is 0.362. The second-order valence-electron chi connectivity index (χ2n) is 2.09. The first kappa shape index (κ1) is 9.56. The van der Waals surface area contributed by atoms with Gasteiger partial charge in [-0.2, -0.15) is 0 Å². The van der Waals surface area contributed by atoms with Crippen LogP contribution in [0.3, 0.4) is 0 Å². The third-order valence-electron chi connectivity index (χ3n) is 1.03. The van der Waals surface area contributed by atoms with E-state index in [9.17, 15) is 0 Å². The van der Waals surface area contributed by atoms with Crippen LogP contribution in [0, 0.1) is 0 Å². The van der Waals surface area contributed by atoms with Gasteiger partial charge in [-0.25, -0.2) is 0 Å². The summed E-state index contributed by atoms with van der Waals surface area (Å²) in [6, 6.07) is 0.641. The number of halogens is 1. The summed E-state index contributed by atoms with van der Waals surface area (Å²) in [5.74, 6) is 0. The second-order valence-corrected chi connectivity index (χ2v) is 4.05. The molecule has 0 amide bonds. The Bertz CT molecular complexity index is 81.0. The van der Waals surface area contributed by atoms with Gasteiger partial charge in [0, 0.05) is 6.04 Å². The van der Waals surface area contributed by atoms with Crippen LogP contribution in [-0.2, 0) is 0 Å². The van der Waals surface area contributed by atoms with Gasteiger partial charge in [-0.15, -0.1) is 20.7 Å². The zero-order valence-corrected chi connectivity index (χ0v) is 8.60. The van der Waals surface area contributed by atoms with Crippen LogP contribution in [0.2, 0.25) is 0 Å². The normalized spacial score (nSPS) is 15.4. The van der Waals surface area contributed by atoms with E-state index in [0.29, 0.717) is 26.8 Å². The van der Waals surface area contributed by atoms with Crippen molar-refractivity contribution in [3.8, 4) is 0 Å². The van der Waals surface area contributed by atoms with E-state index in [1.807, 2.05) is 0 Å². The van der Waals surface area contributed by atoms with Gasteiger partial charge in [-0.3, -0.25) is 0 Å². The molecule has 9 heavy (non-hydrogen) atoms. The first-order valence-corrected chi connectivity index (χ1v) is 6.76. The maximum Gasteiger partial charge on any atom is 0.0274 e. The molecule has 0 rings (SSSR count). The summed E-state index contributed by atoms with van der Waals surface area (Å²) in [7, 11) is 0. The molecule has 1 N–H and O–H groups in total. The summed E-state index contributed by atoms with van der Waals surface area (Å²) < 4.78 is 2.40. The average molecular weight is 241 g/mol. The molecule has 0 heterocycles. The Morgan fingerprint density at radius 1 is 1.67 bits per heavy atom. The highest BCUT2D eigenvalue weighted by molar-refractivity contribution is 14.2. The van der Waals surface area contributed by atoms with Gasteiger partial charge in [0.15, 0.2) is 0 Å². The van der Waals surface area contributed by atoms with E-state index in [4.69, 9.17) is 0 Å². The average Bonchev–Trinajstić information content (AvgIpc) is 1.85. The van der Waals surface area contributed by atoms with Gasteiger partial charge >= 0.3 is 0 Å². The van der Waals surface area contributed by atoms with Crippen molar-refractivity contribution in [2.75, 3.05) is 11.5 Å². The lowest BCUT2D eigenvalue weighted by atomic mass is 10.4. The Morgan fingerprint density at radius 3 is 2.78 bits per heavy atom. The van der Waals surface area contributed by atoms with Crippen LogP contribution in [0.1, 0.15) is 20.3 Å². The molecule has 0 unspecified atom stereocenters. The van der Waals surface area contributed by atoms with E-state index >= 15 is 0 Å². The molecule has 0 aromatic rings. The van der Waals surface area contributed by atoms with E-state index in [1.54, 1.807) is 0 Å². The van der Waals surface area contributed by atoms with E-state index in [2.05, 4.69) is 28.1 Å². The van der Waals surface area contributed by atoms with Crippen molar-refractivity contribution in [1.82, 2.24) is 5.32 Å². The maximum atomic E-state index is 3.41. The van der Waals surface area contributed by atoms with Crippen LogP contribution in [0.25, 0.3) is 0 Å². The molecule has 0 saturated heterocycles. The third-order valence-corrected chi connectivity index (χ3v) is 2.83. The number of hydrogen-bond acceptors (Lipinski definition) is 1. The standard InChI is InChI=1S/C7H16IN/c1-4-5-9-7(2)6-8-3/h6-7,9H,4-5H2,1-3H3/t7-/m1/s1. The molecule has 2 heteroatoms. The zero-order chi connectivity index (χ0) is 7.11. The van der Waals surface area contributed by atoms with Gasteiger partial charge in [-0.05, 0) is 28.8 Å². The summed E-state index contributed by atoms with van der Waals surface area (Å²) in [5.41, 5.74) is 0. The fourth-order valence-corrected chi connectivity index (χ4v) is 1.94. The summed E-state index contributed by atoms with van der Waals surface area (Å²) in [6.45, 7) is 5.57. The smallest absolute Gasteiger partial charge is 0.0274 e. The molecule has 0 aliphatic carbocycles. The van der Waals surface area contributed by atoms with E-state index in [1.165, 1.54) is 6.42 Å². The molecule has 56 valence electrons. The minimum absolute atomic E-state index is 0.362. The number of rotatable bonds is 4. The number of hydrogen-bond donors (Lipinski definition) is 1. The first-order valence-electron chi connectivity index (χ1n) is 3.36. The molecule has 1 atom stereocenters. The van der Waals surface area contributed by atoms with Gasteiger partial charge in [-0.1, -0.05) is 6.92 Å². The fraction of sp³-hybridized carbons (Fsp3) is 0.857. The molecule has 0 bridgehead atoms. The summed E-state index contributed by atoms with van der Waals surface area (Å²) in [5, 5.41) is 3.41. The molecule has 0 fully saturated rings. The maximum absolute atomic E-state index is 3.41. The highest BCUT2D eigenvalue weighted by atomic mass is 127. The lowest BCUT2D eigenvalue weighted by molar-refractivity contribution is 0.656. The summed E-state index contributed by atoms with van der Waals surface area (Å²) in [4.78, 5) is 2.28. The fourth-order valence-electron chi connectivity index (χ4n) is 0.606. The molecule has 0 aromatic carbocycles. The third kappa shape index (κ3) is 6.45. The van der Waals surface area contributed by atoms with Crippen molar-refractivity contribution in [3.63, 3.8) is 0 Å². The molecule has 1 nitrogen and oxygen atoms in total. The van der Waals surface area contributed by atoms with Gasteiger partial charge in [0.25, 0.3) is 0 Å². The van der Waals surface area contributed by atoms with Crippen LogP contribution >= 0.6 is 20.7 Å². The quantitative estimate of drug-likeness (QED) is 0.584. The minimum Gasteiger partial charge on any atom is -0.310 e. The van der Waals surface area contributed by atoms with E-state index < -0.39 is 0 Å². The first-order chi connectivity index (χ1) is 4.31. The van der Waals surface area contributed by atoms with Gasteiger partial charge in [0.05, 0.1) is 0 Å². The highest BCUT2D eigenvalue weighted by Crippen LogP contribution is 1.86. The molecule has 0 aliphatic heterocycles. The Morgan fingerprint density at radius 2 is 2.33 bits per heavy atom. The number of alkyl halides is 1. The summed E-state index contributed by atoms with van der Waals surface area (Å²) in [6.07, 6.45) is 1.24. The van der Waals surface area contributed by atoms with E-state index in [-0.39, 0.29) is 0 Å². The predicted octanol–water partition coefficient (Wildman–Crippen LogP) is 1.78. The topological polar surface area (TPSA) is 12.0 Å². The Labute approximate surface area is 68.0 Å². The Balaban J connectivity index is 3.15. The highest BCUT2D eigenvalue weighted by Gasteiger charge is 1.90. The molecular formula is C7H16IN. The van der Waals surface area contributed by atoms with Crippen LogP contribution in [-0.4, -0.2) is 21.5 Å². The molecule has 0 spiro atoms. The van der Waals surface area contributed by atoms with Crippen LogP contribution in [0.5, 0.6) is 0 Å². The Kier molecular flexibility index (Phi) is 7.09. The number of nitrogens with one attached hydrogen (secondary N) is 1. The van der Waals surface area contributed by atoms with Gasteiger partial charge < -0.3 is 5.32 Å². The molecule has 0 radical (unpaired) electrons. The predicted molar refractivity (Wildman–Crippen MR) is 53.8 cm³/mol. The van der Waals surface area contributed by atoms with Crippen LogP contribution in [0.4, 0.5) is 0 Å².